The second-order valence-electron chi connectivity index (χ2n) is 4.88. The Kier molecular flexibility index (Phi) is 2.77. The molecule has 0 amide bonds. The van der Waals surface area contributed by atoms with E-state index in [1.165, 1.54) is 12.0 Å². The number of ether oxygens (including phenoxy) is 2. The second kappa shape index (κ2) is 4.28. The molecule has 1 aromatic rings. The molecule has 0 radical (unpaired) electrons. The zero-order chi connectivity index (χ0) is 11.7. The summed E-state index contributed by atoms with van der Waals surface area (Å²) in [6.07, 6.45) is 5.68. The van der Waals surface area contributed by atoms with Crippen LogP contribution in [0, 0.1) is 0 Å². The van der Waals surface area contributed by atoms with Gasteiger partial charge in [-0.1, -0.05) is 36.4 Å². The highest BCUT2D eigenvalue weighted by Crippen LogP contribution is 2.50. The Morgan fingerprint density at radius 1 is 1.35 bits per heavy atom. The summed E-state index contributed by atoms with van der Waals surface area (Å²) in [5.74, 6) is 0. The average molecular weight is 230 g/mol. The Labute approximate surface area is 102 Å². The van der Waals surface area contributed by atoms with E-state index in [-0.39, 0.29) is 11.7 Å². The van der Waals surface area contributed by atoms with Crippen molar-refractivity contribution in [2.24, 2.45) is 0 Å². The first-order chi connectivity index (χ1) is 8.35. The first-order valence-corrected chi connectivity index (χ1v) is 6.31. The van der Waals surface area contributed by atoms with Gasteiger partial charge in [0.1, 0.15) is 5.60 Å². The Bertz CT molecular complexity index is 401. The molecule has 1 aromatic carbocycles. The van der Waals surface area contributed by atoms with Crippen molar-refractivity contribution in [1.29, 1.82) is 0 Å². The summed E-state index contributed by atoms with van der Waals surface area (Å²) in [6, 6.07) is 10.5. The van der Waals surface area contributed by atoms with E-state index in [1.807, 2.05) is 12.1 Å². The molecule has 2 fully saturated rings. The van der Waals surface area contributed by atoms with Crippen LogP contribution in [0.4, 0.5) is 0 Å². The third-order valence-electron chi connectivity index (χ3n) is 3.88. The molecular weight excluding hydrogens is 212 g/mol. The molecule has 3 rings (SSSR count). The highest BCUT2D eigenvalue weighted by molar-refractivity contribution is 5.27. The molecule has 0 N–H and O–H groups in total. The summed E-state index contributed by atoms with van der Waals surface area (Å²) in [5.41, 5.74) is 1.01. The van der Waals surface area contributed by atoms with Crippen molar-refractivity contribution in [2.75, 3.05) is 6.61 Å². The minimum Gasteiger partial charge on any atom is -0.371 e. The molecule has 0 spiro atoms. The third-order valence-corrected chi connectivity index (χ3v) is 3.88. The minimum absolute atomic E-state index is 0.217. The highest BCUT2D eigenvalue weighted by Gasteiger charge is 2.54. The lowest BCUT2D eigenvalue weighted by atomic mass is 9.79. The van der Waals surface area contributed by atoms with Crippen LogP contribution in [0.3, 0.4) is 0 Å². The molecule has 2 aliphatic heterocycles. The van der Waals surface area contributed by atoms with Gasteiger partial charge in [-0.25, -0.2) is 0 Å². The van der Waals surface area contributed by atoms with Crippen LogP contribution in [0.2, 0.25) is 0 Å². The lowest BCUT2D eigenvalue weighted by Gasteiger charge is -2.35. The van der Waals surface area contributed by atoms with E-state index in [0.717, 1.165) is 12.8 Å². The van der Waals surface area contributed by atoms with Crippen molar-refractivity contribution in [3.8, 4) is 0 Å². The van der Waals surface area contributed by atoms with E-state index in [4.69, 9.17) is 9.47 Å². The molecule has 0 saturated carbocycles. The summed E-state index contributed by atoms with van der Waals surface area (Å²) in [6.45, 7) is 4.33. The van der Waals surface area contributed by atoms with Crippen molar-refractivity contribution in [1.82, 2.24) is 0 Å². The van der Waals surface area contributed by atoms with Crippen LogP contribution < -0.4 is 0 Å². The van der Waals surface area contributed by atoms with Crippen LogP contribution in [0.5, 0.6) is 0 Å². The molecule has 90 valence electrons. The zero-order valence-electron chi connectivity index (χ0n) is 9.97. The molecule has 2 heterocycles. The van der Waals surface area contributed by atoms with Crippen LogP contribution in [0.25, 0.3) is 0 Å². The fourth-order valence-corrected chi connectivity index (χ4v) is 3.14. The maximum Gasteiger partial charge on any atom is 0.122 e. The van der Waals surface area contributed by atoms with Crippen molar-refractivity contribution in [3.63, 3.8) is 0 Å². The second-order valence-corrected chi connectivity index (χ2v) is 4.88. The largest absolute Gasteiger partial charge is 0.371 e. The summed E-state index contributed by atoms with van der Waals surface area (Å²) >= 11 is 0. The van der Waals surface area contributed by atoms with E-state index in [0.29, 0.717) is 12.7 Å². The van der Waals surface area contributed by atoms with Crippen LogP contribution in [-0.4, -0.2) is 18.8 Å². The van der Waals surface area contributed by atoms with Gasteiger partial charge in [0.2, 0.25) is 0 Å². The summed E-state index contributed by atoms with van der Waals surface area (Å²) in [4.78, 5) is 0. The van der Waals surface area contributed by atoms with Crippen LogP contribution >= 0.6 is 0 Å². The van der Waals surface area contributed by atoms with Crippen molar-refractivity contribution in [2.45, 2.75) is 37.1 Å². The molecule has 2 aliphatic rings. The van der Waals surface area contributed by atoms with Gasteiger partial charge in [-0.3, -0.25) is 0 Å². The zero-order valence-corrected chi connectivity index (χ0v) is 9.97. The number of rotatable bonds is 4. The maximum absolute atomic E-state index is 6.12. The summed E-state index contributed by atoms with van der Waals surface area (Å²) in [5, 5.41) is 0. The number of hydrogen-bond donors (Lipinski definition) is 0. The lowest BCUT2D eigenvalue weighted by molar-refractivity contribution is -0.0827. The Hall–Kier alpha value is -1.12. The van der Waals surface area contributed by atoms with E-state index in [1.54, 1.807) is 0 Å². The Balaban J connectivity index is 1.94. The number of hydrogen-bond acceptors (Lipinski definition) is 2. The smallest absolute Gasteiger partial charge is 0.122 e. The number of benzene rings is 1. The van der Waals surface area contributed by atoms with Gasteiger partial charge in [0.15, 0.2) is 0 Å². The summed E-state index contributed by atoms with van der Waals surface area (Å²) in [7, 11) is 0. The monoisotopic (exact) mass is 230 g/mol. The first-order valence-electron chi connectivity index (χ1n) is 6.31. The van der Waals surface area contributed by atoms with Gasteiger partial charge in [0, 0.05) is 6.42 Å². The quantitative estimate of drug-likeness (QED) is 0.740. The van der Waals surface area contributed by atoms with Crippen LogP contribution in [-0.2, 0) is 15.1 Å². The lowest BCUT2D eigenvalue weighted by Crippen LogP contribution is -2.39. The number of fused-ring (bicyclic) bond motifs is 2. The maximum atomic E-state index is 6.12. The van der Waals surface area contributed by atoms with Crippen LogP contribution in [0.1, 0.15) is 24.8 Å². The van der Waals surface area contributed by atoms with Crippen molar-refractivity contribution in [3.05, 3.63) is 48.6 Å². The van der Waals surface area contributed by atoms with Gasteiger partial charge < -0.3 is 9.47 Å². The van der Waals surface area contributed by atoms with Gasteiger partial charge >= 0.3 is 0 Å². The highest BCUT2D eigenvalue weighted by atomic mass is 16.6. The molecule has 0 aromatic heterocycles. The molecule has 2 bridgehead atoms. The molecular formula is C15H18O2. The first kappa shape index (κ1) is 11.0. The molecule has 3 atom stereocenters. The molecule has 17 heavy (non-hydrogen) atoms. The molecule has 2 saturated heterocycles. The van der Waals surface area contributed by atoms with E-state index < -0.39 is 0 Å². The Morgan fingerprint density at radius 3 is 2.76 bits per heavy atom. The normalized spacial score (nSPS) is 35.1. The van der Waals surface area contributed by atoms with Crippen molar-refractivity contribution >= 4 is 0 Å². The predicted molar refractivity (Wildman–Crippen MR) is 66.8 cm³/mol. The Morgan fingerprint density at radius 2 is 2.18 bits per heavy atom. The average Bonchev–Trinajstić information content (AvgIpc) is 2.98. The van der Waals surface area contributed by atoms with E-state index in [2.05, 4.69) is 30.8 Å². The van der Waals surface area contributed by atoms with Gasteiger partial charge in [0.05, 0.1) is 18.8 Å². The van der Waals surface area contributed by atoms with Gasteiger partial charge in [-0.2, -0.15) is 0 Å². The molecule has 3 unspecified atom stereocenters. The van der Waals surface area contributed by atoms with E-state index >= 15 is 0 Å². The van der Waals surface area contributed by atoms with Gasteiger partial charge in [-0.15, -0.1) is 6.58 Å². The topological polar surface area (TPSA) is 18.5 Å². The van der Waals surface area contributed by atoms with Gasteiger partial charge in [-0.05, 0) is 18.4 Å². The third kappa shape index (κ3) is 1.72. The molecule has 2 heteroatoms. The fraction of sp³-hybridized carbons (Fsp3) is 0.467. The van der Waals surface area contributed by atoms with E-state index in [9.17, 15) is 0 Å². The summed E-state index contributed by atoms with van der Waals surface area (Å²) < 4.78 is 12.1. The molecule has 2 nitrogen and oxygen atoms in total. The fourth-order valence-electron chi connectivity index (χ4n) is 3.14. The minimum atomic E-state index is -0.238. The SMILES string of the molecule is C=CCOC1(c2ccccc2)CC2CCC1O2. The van der Waals surface area contributed by atoms with Crippen LogP contribution in [0.15, 0.2) is 43.0 Å². The van der Waals surface area contributed by atoms with Crippen molar-refractivity contribution < 1.29 is 9.47 Å². The van der Waals surface area contributed by atoms with Gasteiger partial charge in [0.25, 0.3) is 0 Å². The molecule has 0 aliphatic carbocycles. The predicted octanol–water partition coefficient (Wildman–Crippen LogP) is 3.04. The standard InChI is InChI=1S/C15H18O2/c1-2-10-16-15(12-6-4-3-5-7-12)11-13-8-9-14(15)17-13/h2-7,13-14H,1,8-11H2.